The van der Waals surface area contributed by atoms with Gasteiger partial charge in [0.2, 0.25) is 10.0 Å². The van der Waals surface area contributed by atoms with Gasteiger partial charge in [-0.15, -0.1) is 0 Å². The van der Waals surface area contributed by atoms with Crippen LogP contribution in [0.25, 0.3) is 0 Å². The first kappa shape index (κ1) is 16.2. The highest BCUT2D eigenvalue weighted by molar-refractivity contribution is 7.88. The van der Waals surface area contributed by atoms with Crippen molar-refractivity contribution in [3.63, 3.8) is 0 Å². The zero-order chi connectivity index (χ0) is 14.5. The second-order valence-corrected chi connectivity index (χ2v) is 7.55. The number of hydrogen-bond acceptors (Lipinski definition) is 2. The number of rotatable bonds is 7. The molecule has 0 radical (unpaired) electrons. The van der Waals surface area contributed by atoms with E-state index in [1.165, 1.54) is 0 Å². The number of sulfonamides is 1. The van der Waals surface area contributed by atoms with E-state index in [2.05, 4.69) is 32.4 Å². The monoisotopic (exact) mass is 283 g/mol. The molecule has 0 saturated heterocycles. The maximum Gasteiger partial charge on any atom is 0.215 e. The Bertz CT molecular complexity index is 458. The van der Waals surface area contributed by atoms with Gasteiger partial charge >= 0.3 is 0 Å². The predicted octanol–water partition coefficient (Wildman–Crippen LogP) is 3.03. The molecule has 0 heterocycles. The van der Waals surface area contributed by atoms with Crippen molar-refractivity contribution in [2.45, 2.75) is 33.4 Å². The summed E-state index contributed by atoms with van der Waals surface area (Å²) in [5, 5.41) is 0. The Kier molecular flexibility index (Phi) is 6.01. The van der Waals surface area contributed by atoms with Gasteiger partial charge in [-0.05, 0) is 23.3 Å². The Labute approximate surface area is 117 Å². The second kappa shape index (κ2) is 7.06. The van der Waals surface area contributed by atoms with Gasteiger partial charge in [0.25, 0.3) is 0 Å². The number of benzene rings is 1. The summed E-state index contributed by atoms with van der Waals surface area (Å²) in [6.07, 6.45) is 0. The van der Waals surface area contributed by atoms with E-state index in [-0.39, 0.29) is 5.75 Å². The predicted molar refractivity (Wildman–Crippen MR) is 80.2 cm³/mol. The minimum atomic E-state index is -3.25. The molecular weight excluding hydrogens is 258 g/mol. The van der Waals surface area contributed by atoms with E-state index in [0.29, 0.717) is 24.3 Å². The molecule has 0 saturated carbocycles. The molecule has 1 rings (SSSR count). The summed E-state index contributed by atoms with van der Waals surface area (Å²) in [6, 6.07) is 9.27. The summed E-state index contributed by atoms with van der Waals surface area (Å²) in [6.45, 7) is 9.06. The Hall–Kier alpha value is -0.870. The smallest absolute Gasteiger partial charge is 0.215 e. The molecule has 1 aromatic rings. The first-order valence-corrected chi connectivity index (χ1v) is 8.48. The molecule has 0 unspecified atom stereocenters. The van der Waals surface area contributed by atoms with Crippen molar-refractivity contribution in [3.05, 3.63) is 35.9 Å². The molecule has 0 aliphatic carbocycles. The summed E-state index contributed by atoms with van der Waals surface area (Å²) in [5.41, 5.74) is 0.820. The topological polar surface area (TPSA) is 46.2 Å². The minimum absolute atomic E-state index is 0.0523. The molecule has 0 atom stereocenters. The van der Waals surface area contributed by atoms with E-state index in [1.54, 1.807) is 0 Å². The second-order valence-electron chi connectivity index (χ2n) is 5.75. The fourth-order valence-corrected chi connectivity index (χ4v) is 3.49. The van der Waals surface area contributed by atoms with Crippen LogP contribution in [0.3, 0.4) is 0 Å². The molecule has 0 fully saturated rings. The van der Waals surface area contributed by atoms with Crippen LogP contribution in [0, 0.1) is 17.8 Å². The molecule has 1 aromatic carbocycles. The van der Waals surface area contributed by atoms with Crippen LogP contribution in [-0.2, 0) is 15.8 Å². The highest BCUT2D eigenvalue weighted by Crippen LogP contribution is 2.19. The standard InChI is InChI=1S/C15H25NO2S/c1-12(2)15(13(3)4)10-16-19(17,18)11-14-8-6-5-7-9-14/h5-9,12-13,15-16H,10-11H2,1-4H3. The molecule has 0 aromatic heterocycles. The van der Waals surface area contributed by atoms with E-state index < -0.39 is 10.0 Å². The summed E-state index contributed by atoms with van der Waals surface area (Å²) in [4.78, 5) is 0. The van der Waals surface area contributed by atoms with Gasteiger partial charge < -0.3 is 0 Å². The van der Waals surface area contributed by atoms with Crippen molar-refractivity contribution in [3.8, 4) is 0 Å². The van der Waals surface area contributed by atoms with Crippen LogP contribution >= 0.6 is 0 Å². The lowest BCUT2D eigenvalue weighted by Gasteiger charge is -2.25. The van der Waals surface area contributed by atoms with Gasteiger partial charge in [-0.3, -0.25) is 0 Å². The Morgan fingerprint density at radius 1 is 1.00 bits per heavy atom. The van der Waals surface area contributed by atoms with E-state index >= 15 is 0 Å². The maximum absolute atomic E-state index is 12.0. The molecule has 0 amide bonds. The number of nitrogens with one attached hydrogen (secondary N) is 1. The molecular formula is C15H25NO2S. The molecule has 108 valence electrons. The zero-order valence-corrected chi connectivity index (χ0v) is 13.1. The maximum atomic E-state index is 12.0. The Morgan fingerprint density at radius 2 is 1.53 bits per heavy atom. The normalized spacial score (nSPS) is 12.6. The van der Waals surface area contributed by atoms with Gasteiger partial charge in [0.1, 0.15) is 0 Å². The third kappa shape index (κ3) is 5.74. The Balaban J connectivity index is 2.60. The third-order valence-electron chi connectivity index (χ3n) is 3.45. The average Bonchev–Trinajstić information content (AvgIpc) is 2.28. The molecule has 0 bridgehead atoms. The van der Waals surface area contributed by atoms with Crippen LogP contribution in [0.15, 0.2) is 30.3 Å². The van der Waals surface area contributed by atoms with Gasteiger partial charge in [0, 0.05) is 6.54 Å². The first-order chi connectivity index (χ1) is 8.82. The lowest BCUT2D eigenvalue weighted by atomic mass is 9.86. The average molecular weight is 283 g/mol. The quantitative estimate of drug-likeness (QED) is 0.836. The molecule has 4 heteroatoms. The summed E-state index contributed by atoms with van der Waals surface area (Å²) >= 11 is 0. The number of hydrogen-bond donors (Lipinski definition) is 1. The van der Waals surface area contributed by atoms with Crippen molar-refractivity contribution in [2.75, 3.05) is 6.54 Å². The van der Waals surface area contributed by atoms with Crippen molar-refractivity contribution in [1.29, 1.82) is 0 Å². The van der Waals surface area contributed by atoms with Gasteiger partial charge in [-0.25, -0.2) is 13.1 Å². The molecule has 0 aliphatic heterocycles. The van der Waals surface area contributed by atoms with Gasteiger partial charge in [-0.2, -0.15) is 0 Å². The van der Waals surface area contributed by atoms with Gasteiger partial charge in [-0.1, -0.05) is 58.0 Å². The molecule has 1 N–H and O–H groups in total. The SMILES string of the molecule is CC(C)C(CNS(=O)(=O)Cc1ccccc1)C(C)C. The van der Waals surface area contributed by atoms with E-state index in [0.717, 1.165) is 5.56 Å². The fourth-order valence-electron chi connectivity index (χ4n) is 2.31. The Morgan fingerprint density at radius 3 is 2.00 bits per heavy atom. The van der Waals surface area contributed by atoms with Crippen LogP contribution in [0.2, 0.25) is 0 Å². The van der Waals surface area contributed by atoms with Crippen LogP contribution in [0.1, 0.15) is 33.3 Å². The molecule has 3 nitrogen and oxygen atoms in total. The minimum Gasteiger partial charge on any atom is -0.215 e. The van der Waals surface area contributed by atoms with Gasteiger partial charge in [0.15, 0.2) is 0 Å². The lowest BCUT2D eigenvalue weighted by Crippen LogP contribution is -2.34. The van der Waals surface area contributed by atoms with Crippen LogP contribution in [0.5, 0.6) is 0 Å². The van der Waals surface area contributed by atoms with Crippen molar-refractivity contribution in [2.24, 2.45) is 17.8 Å². The summed E-state index contributed by atoms with van der Waals surface area (Å²) in [5.74, 6) is 1.36. The molecule has 19 heavy (non-hydrogen) atoms. The van der Waals surface area contributed by atoms with Crippen molar-refractivity contribution in [1.82, 2.24) is 4.72 Å². The van der Waals surface area contributed by atoms with E-state index in [1.807, 2.05) is 30.3 Å². The highest BCUT2D eigenvalue weighted by Gasteiger charge is 2.20. The third-order valence-corrected chi connectivity index (χ3v) is 4.77. The first-order valence-electron chi connectivity index (χ1n) is 6.83. The fraction of sp³-hybridized carbons (Fsp3) is 0.600. The summed E-state index contributed by atoms with van der Waals surface area (Å²) < 4.78 is 26.8. The van der Waals surface area contributed by atoms with E-state index in [9.17, 15) is 8.42 Å². The van der Waals surface area contributed by atoms with E-state index in [4.69, 9.17) is 0 Å². The van der Waals surface area contributed by atoms with Crippen molar-refractivity contribution >= 4 is 10.0 Å². The summed E-state index contributed by atoms with van der Waals surface area (Å²) in [7, 11) is -3.25. The largest absolute Gasteiger partial charge is 0.215 e. The highest BCUT2D eigenvalue weighted by atomic mass is 32.2. The lowest BCUT2D eigenvalue weighted by molar-refractivity contribution is 0.289. The van der Waals surface area contributed by atoms with Crippen molar-refractivity contribution < 1.29 is 8.42 Å². The zero-order valence-electron chi connectivity index (χ0n) is 12.3. The van der Waals surface area contributed by atoms with Crippen LogP contribution < -0.4 is 4.72 Å². The van der Waals surface area contributed by atoms with Crippen LogP contribution in [0.4, 0.5) is 0 Å². The molecule has 0 spiro atoms. The van der Waals surface area contributed by atoms with Gasteiger partial charge in [0.05, 0.1) is 5.75 Å². The van der Waals surface area contributed by atoms with Crippen LogP contribution in [-0.4, -0.2) is 15.0 Å². The molecule has 0 aliphatic rings.